The Morgan fingerprint density at radius 3 is 2.53 bits per heavy atom. The van der Waals surface area contributed by atoms with Crippen molar-refractivity contribution >= 4 is 52.2 Å². The fourth-order valence-electron chi connectivity index (χ4n) is 2.82. The van der Waals surface area contributed by atoms with Crippen molar-refractivity contribution in [3.8, 4) is 11.3 Å². The number of carbonyl (C=O) groups is 2. The Morgan fingerprint density at radius 1 is 1.00 bits per heavy atom. The third-order valence-electron chi connectivity index (χ3n) is 4.32. The van der Waals surface area contributed by atoms with Crippen molar-refractivity contribution < 1.29 is 22.8 Å². The van der Waals surface area contributed by atoms with Crippen molar-refractivity contribution in [2.24, 2.45) is 0 Å². The second-order valence-electron chi connectivity index (χ2n) is 6.33. The predicted octanol–water partition coefficient (Wildman–Crippen LogP) is 6.77. The topological polar surface area (TPSA) is 50.5 Å². The molecule has 1 saturated heterocycles. The quantitative estimate of drug-likeness (QED) is 0.399. The second kappa shape index (κ2) is 8.26. The molecule has 0 N–H and O–H groups in total. The van der Waals surface area contributed by atoms with E-state index in [0.717, 1.165) is 22.7 Å². The first-order chi connectivity index (χ1) is 14.3. The van der Waals surface area contributed by atoms with Crippen LogP contribution in [0.5, 0.6) is 0 Å². The van der Waals surface area contributed by atoms with Gasteiger partial charge in [-0.3, -0.25) is 14.5 Å². The van der Waals surface area contributed by atoms with Gasteiger partial charge in [0.25, 0.3) is 11.1 Å². The van der Waals surface area contributed by atoms with Gasteiger partial charge in [0.15, 0.2) is 0 Å². The van der Waals surface area contributed by atoms with Gasteiger partial charge < -0.3 is 4.42 Å². The maximum absolute atomic E-state index is 13.3. The monoisotopic (exact) mass is 465 g/mol. The molecule has 1 fully saturated rings. The lowest BCUT2D eigenvalue weighted by Crippen LogP contribution is -2.27. The van der Waals surface area contributed by atoms with Crippen LogP contribution in [0.2, 0.25) is 10.0 Å². The number of benzene rings is 2. The molecule has 2 amide bonds. The van der Waals surface area contributed by atoms with Gasteiger partial charge in [-0.05, 0) is 59.8 Å². The Hall–Kier alpha value is -2.61. The fraction of sp³-hybridized carbons (Fsp3) is 0.0476. The van der Waals surface area contributed by atoms with Crippen LogP contribution in [-0.2, 0) is 11.3 Å². The molecule has 3 aromatic rings. The minimum Gasteiger partial charge on any atom is -0.457 e. The largest absolute Gasteiger partial charge is 0.457 e. The summed E-state index contributed by atoms with van der Waals surface area (Å²) in [6.45, 7) is -0.0708. The van der Waals surface area contributed by atoms with E-state index in [1.807, 2.05) is 0 Å². The van der Waals surface area contributed by atoms with Crippen molar-refractivity contribution in [3.05, 3.63) is 86.4 Å². The van der Waals surface area contributed by atoms with Crippen LogP contribution in [0, 0.1) is 11.6 Å². The summed E-state index contributed by atoms with van der Waals surface area (Å²) in [7, 11) is 0. The number of amides is 2. The highest BCUT2D eigenvalue weighted by atomic mass is 35.5. The van der Waals surface area contributed by atoms with Gasteiger partial charge in [0.2, 0.25) is 0 Å². The number of nitrogens with zero attached hydrogens (tertiary/aromatic N) is 1. The second-order valence-corrected chi connectivity index (χ2v) is 8.14. The molecule has 2 heterocycles. The molecule has 0 spiro atoms. The molecule has 152 valence electrons. The molecular weight excluding hydrogens is 455 g/mol. The smallest absolute Gasteiger partial charge is 0.293 e. The van der Waals surface area contributed by atoms with Gasteiger partial charge in [0.05, 0.1) is 16.5 Å². The predicted molar refractivity (Wildman–Crippen MR) is 112 cm³/mol. The van der Waals surface area contributed by atoms with Gasteiger partial charge in [-0.25, -0.2) is 8.78 Å². The van der Waals surface area contributed by atoms with Crippen LogP contribution >= 0.6 is 35.0 Å². The Kier molecular flexibility index (Phi) is 5.69. The average Bonchev–Trinajstić information content (AvgIpc) is 3.26. The number of carbonyl (C=O) groups excluding carboxylic acids is 2. The number of furan rings is 1. The first-order valence-electron chi connectivity index (χ1n) is 8.56. The number of thioether (sulfide) groups is 1. The van der Waals surface area contributed by atoms with E-state index in [0.29, 0.717) is 22.6 Å². The summed E-state index contributed by atoms with van der Waals surface area (Å²) in [6, 6.07) is 11.2. The van der Waals surface area contributed by atoms with E-state index >= 15 is 0 Å². The standard InChI is InChI=1S/C21H11Cl2F2NO3S/c22-15-8-13(24)3-1-12(15)10-26-20(27)19(30-21(26)28)9-14-4-6-18(29-14)11-2-5-17(25)16(23)7-11/h1-9H,10H2/b19-9-. The van der Waals surface area contributed by atoms with Crippen LogP contribution in [0.1, 0.15) is 11.3 Å². The molecule has 30 heavy (non-hydrogen) atoms. The van der Waals surface area contributed by atoms with Crippen LogP contribution in [0.25, 0.3) is 17.4 Å². The lowest BCUT2D eigenvalue weighted by Gasteiger charge is -2.13. The van der Waals surface area contributed by atoms with Gasteiger partial charge >= 0.3 is 0 Å². The van der Waals surface area contributed by atoms with Crippen molar-refractivity contribution in [1.82, 2.24) is 4.90 Å². The van der Waals surface area contributed by atoms with Crippen molar-refractivity contribution in [3.63, 3.8) is 0 Å². The van der Waals surface area contributed by atoms with E-state index < -0.39 is 22.8 Å². The molecular formula is C21H11Cl2F2NO3S. The molecule has 0 unspecified atom stereocenters. The average molecular weight is 466 g/mol. The zero-order valence-corrected chi connectivity index (χ0v) is 17.3. The summed E-state index contributed by atoms with van der Waals surface area (Å²) in [5.74, 6) is -0.777. The summed E-state index contributed by atoms with van der Waals surface area (Å²) in [5, 5.41) is -0.374. The lowest BCUT2D eigenvalue weighted by atomic mass is 10.2. The summed E-state index contributed by atoms with van der Waals surface area (Å²) < 4.78 is 32.2. The van der Waals surface area contributed by atoms with Crippen LogP contribution in [0.15, 0.2) is 57.9 Å². The molecule has 4 rings (SSSR count). The number of rotatable bonds is 4. The van der Waals surface area contributed by atoms with Gasteiger partial charge in [-0.15, -0.1) is 0 Å². The van der Waals surface area contributed by atoms with E-state index in [9.17, 15) is 18.4 Å². The first-order valence-corrected chi connectivity index (χ1v) is 10.1. The third-order valence-corrected chi connectivity index (χ3v) is 5.87. The molecule has 0 aliphatic carbocycles. The highest BCUT2D eigenvalue weighted by Crippen LogP contribution is 2.35. The summed E-state index contributed by atoms with van der Waals surface area (Å²) in [5.41, 5.74) is 1.02. The zero-order valence-electron chi connectivity index (χ0n) is 15.0. The van der Waals surface area contributed by atoms with Crippen molar-refractivity contribution in [1.29, 1.82) is 0 Å². The number of hydrogen-bond donors (Lipinski definition) is 0. The normalized spacial score (nSPS) is 15.5. The van der Waals surface area contributed by atoms with Crippen LogP contribution in [-0.4, -0.2) is 16.0 Å². The number of imide groups is 1. The Labute approximate surface area is 184 Å². The van der Waals surface area contributed by atoms with Crippen molar-refractivity contribution in [2.75, 3.05) is 0 Å². The lowest BCUT2D eigenvalue weighted by molar-refractivity contribution is -0.123. The van der Waals surface area contributed by atoms with Crippen LogP contribution < -0.4 is 0 Å². The Morgan fingerprint density at radius 2 is 1.80 bits per heavy atom. The summed E-state index contributed by atoms with van der Waals surface area (Å²) in [6.07, 6.45) is 1.45. The molecule has 0 bridgehead atoms. The fourth-order valence-corrected chi connectivity index (χ4v) is 4.05. The molecule has 1 aliphatic rings. The molecule has 2 aromatic carbocycles. The molecule has 0 radical (unpaired) electrons. The zero-order chi connectivity index (χ0) is 21.4. The van der Waals surface area contributed by atoms with E-state index in [-0.39, 0.29) is 21.5 Å². The SMILES string of the molecule is O=C1S/C(=C\c2ccc(-c3ccc(F)c(Cl)c3)o2)C(=O)N1Cc1ccc(F)cc1Cl. The number of hydrogen-bond acceptors (Lipinski definition) is 4. The van der Waals surface area contributed by atoms with E-state index in [1.165, 1.54) is 36.4 Å². The van der Waals surface area contributed by atoms with Gasteiger partial charge in [0.1, 0.15) is 23.2 Å². The summed E-state index contributed by atoms with van der Waals surface area (Å²) >= 11 is 12.6. The van der Waals surface area contributed by atoms with Gasteiger partial charge in [0, 0.05) is 16.7 Å². The van der Waals surface area contributed by atoms with Crippen LogP contribution in [0.4, 0.5) is 13.6 Å². The molecule has 1 aromatic heterocycles. The van der Waals surface area contributed by atoms with E-state index in [1.54, 1.807) is 12.1 Å². The van der Waals surface area contributed by atoms with Gasteiger partial charge in [-0.1, -0.05) is 29.3 Å². The molecule has 4 nitrogen and oxygen atoms in total. The minimum absolute atomic E-state index is 0.0361. The Balaban J connectivity index is 1.55. The highest BCUT2D eigenvalue weighted by Gasteiger charge is 2.35. The third kappa shape index (κ3) is 4.14. The summed E-state index contributed by atoms with van der Waals surface area (Å²) in [4.78, 5) is 26.2. The molecule has 0 saturated carbocycles. The van der Waals surface area contributed by atoms with Crippen LogP contribution in [0.3, 0.4) is 0 Å². The molecule has 9 heteroatoms. The first kappa shape index (κ1) is 20.7. The van der Waals surface area contributed by atoms with Crippen molar-refractivity contribution in [2.45, 2.75) is 6.54 Å². The molecule has 0 atom stereocenters. The van der Waals surface area contributed by atoms with E-state index in [4.69, 9.17) is 27.6 Å². The van der Waals surface area contributed by atoms with E-state index in [2.05, 4.69) is 0 Å². The number of halogens is 4. The maximum atomic E-state index is 13.3. The Bertz CT molecular complexity index is 1210. The molecule has 1 aliphatic heterocycles. The van der Waals surface area contributed by atoms with Gasteiger partial charge in [-0.2, -0.15) is 0 Å². The maximum Gasteiger partial charge on any atom is 0.293 e. The minimum atomic E-state index is -0.540. The highest BCUT2D eigenvalue weighted by molar-refractivity contribution is 8.18.